The normalized spacial score (nSPS) is 10.3. The number of carbonyl (C=O) groups is 1. The van der Waals surface area contributed by atoms with Gasteiger partial charge in [-0.1, -0.05) is 25.4 Å². The first kappa shape index (κ1) is 17.1. The van der Waals surface area contributed by atoms with Gasteiger partial charge in [0.05, 0.1) is 35.9 Å². The first-order valence-corrected chi connectivity index (χ1v) is 7.07. The second-order valence-corrected chi connectivity index (χ2v) is 5.55. The van der Waals surface area contributed by atoms with Gasteiger partial charge < -0.3 is 15.4 Å². The van der Waals surface area contributed by atoms with Gasteiger partial charge in [0, 0.05) is 18.8 Å². The lowest BCUT2D eigenvalue weighted by Crippen LogP contribution is -2.30. The van der Waals surface area contributed by atoms with Crippen LogP contribution in [0.15, 0.2) is 12.1 Å². The van der Waals surface area contributed by atoms with Crippen molar-refractivity contribution in [1.29, 1.82) is 5.26 Å². The summed E-state index contributed by atoms with van der Waals surface area (Å²) in [6.45, 7) is 5.28. The Labute approximate surface area is 130 Å². The number of nitrogen functional groups attached to an aromatic ring is 1. The smallest absolute Gasteiger partial charge is 0.340 e. The third-order valence-corrected chi connectivity index (χ3v) is 3.17. The second-order valence-electron chi connectivity index (χ2n) is 5.14. The number of anilines is 2. The van der Waals surface area contributed by atoms with Gasteiger partial charge in [0.1, 0.15) is 0 Å². The van der Waals surface area contributed by atoms with E-state index in [1.165, 1.54) is 7.11 Å². The summed E-state index contributed by atoms with van der Waals surface area (Å²) in [5.74, 6) is -0.146. The van der Waals surface area contributed by atoms with Crippen molar-refractivity contribution < 1.29 is 9.53 Å². The molecule has 21 heavy (non-hydrogen) atoms. The van der Waals surface area contributed by atoms with E-state index in [2.05, 4.69) is 19.9 Å². The Hall–Kier alpha value is -1.93. The van der Waals surface area contributed by atoms with Crippen molar-refractivity contribution in [2.45, 2.75) is 20.3 Å². The lowest BCUT2D eigenvalue weighted by atomic mass is 10.1. The summed E-state index contributed by atoms with van der Waals surface area (Å²) in [5, 5.41) is 9.20. The van der Waals surface area contributed by atoms with Crippen LogP contribution in [0.25, 0.3) is 0 Å². The molecule has 1 rings (SSSR count). The Bertz CT molecular complexity index is 553. The highest BCUT2D eigenvalue weighted by atomic mass is 35.5. The lowest BCUT2D eigenvalue weighted by molar-refractivity contribution is 0.0601. The zero-order chi connectivity index (χ0) is 16.0. The van der Waals surface area contributed by atoms with Crippen molar-refractivity contribution >= 4 is 28.9 Å². The van der Waals surface area contributed by atoms with Crippen LogP contribution in [0, 0.1) is 17.2 Å². The molecule has 0 saturated heterocycles. The number of nitriles is 1. The zero-order valence-electron chi connectivity index (χ0n) is 12.5. The highest BCUT2D eigenvalue weighted by molar-refractivity contribution is 6.34. The standard InChI is InChI=1S/C15H20ClN3O2/c1-10(2)9-19(6-4-5-17)14-12(15(20)21-3)7-11(18)8-13(14)16/h7-8,10H,4,6,9,18H2,1-3H3. The minimum absolute atomic E-state index is 0.320. The molecule has 0 heterocycles. The SMILES string of the molecule is COC(=O)c1cc(N)cc(Cl)c1N(CCC#N)CC(C)C. The Morgan fingerprint density at radius 2 is 2.19 bits per heavy atom. The number of hydrogen-bond acceptors (Lipinski definition) is 5. The highest BCUT2D eigenvalue weighted by Crippen LogP contribution is 2.33. The van der Waals surface area contributed by atoms with Gasteiger partial charge in [0.25, 0.3) is 0 Å². The third kappa shape index (κ3) is 4.54. The van der Waals surface area contributed by atoms with Gasteiger partial charge in [-0.2, -0.15) is 5.26 Å². The van der Waals surface area contributed by atoms with Crippen LogP contribution in [0.4, 0.5) is 11.4 Å². The molecule has 0 amide bonds. The molecule has 0 aliphatic heterocycles. The predicted octanol–water partition coefficient (Wildman–Crippen LogP) is 3.08. The minimum Gasteiger partial charge on any atom is -0.465 e. The summed E-state index contributed by atoms with van der Waals surface area (Å²) in [6.07, 6.45) is 0.341. The molecule has 0 bridgehead atoms. The Morgan fingerprint density at radius 1 is 1.52 bits per heavy atom. The van der Waals surface area contributed by atoms with Crippen LogP contribution >= 0.6 is 11.6 Å². The number of nitrogens with two attached hydrogens (primary N) is 1. The quantitative estimate of drug-likeness (QED) is 0.645. The molecule has 0 saturated carbocycles. The molecule has 6 heteroatoms. The first-order valence-electron chi connectivity index (χ1n) is 6.70. The van der Waals surface area contributed by atoms with Crippen LogP contribution in [0.1, 0.15) is 30.6 Å². The fraction of sp³-hybridized carbons (Fsp3) is 0.467. The summed E-state index contributed by atoms with van der Waals surface area (Å²) < 4.78 is 4.80. The number of ether oxygens (including phenoxy) is 1. The maximum Gasteiger partial charge on any atom is 0.340 e. The van der Waals surface area contributed by atoms with Crippen LogP contribution in [0.2, 0.25) is 5.02 Å². The molecule has 0 unspecified atom stereocenters. The molecular weight excluding hydrogens is 290 g/mol. The summed E-state index contributed by atoms with van der Waals surface area (Å²) in [4.78, 5) is 13.9. The molecular formula is C15H20ClN3O2. The molecule has 0 aromatic heterocycles. The molecule has 114 valence electrons. The van der Waals surface area contributed by atoms with Crippen LogP contribution in [-0.4, -0.2) is 26.2 Å². The molecule has 2 N–H and O–H groups in total. The van der Waals surface area contributed by atoms with Crippen molar-refractivity contribution in [3.8, 4) is 6.07 Å². The number of hydrogen-bond donors (Lipinski definition) is 1. The number of rotatable bonds is 6. The maximum atomic E-state index is 12.0. The molecule has 0 fully saturated rings. The molecule has 1 aromatic carbocycles. The van der Waals surface area contributed by atoms with Gasteiger partial charge in [0.2, 0.25) is 0 Å². The third-order valence-electron chi connectivity index (χ3n) is 2.89. The second kappa shape index (κ2) is 7.75. The van der Waals surface area contributed by atoms with Crippen molar-refractivity contribution in [1.82, 2.24) is 0 Å². The van der Waals surface area contributed by atoms with Crippen molar-refractivity contribution in [2.75, 3.05) is 30.8 Å². The van der Waals surface area contributed by atoms with Crippen LogP contribution in [0.5, 0.6) is 0 Å². The molecule has 0 aliphatic rings. The molecule has 0 radical (unpaired) electrons. The molecule has 5 nitrogen and oxygen atoms in total. The van der Waals surface area contributed by atoms with E-state index in [0.717, 1.165) is 0 Å². The van der Waals surface area contributed by atoms with Crippen molar-refractivity contribution in [2.24, 2.45) is 5.92 Å². The fourth-order valence-corrected chi connectivity index (χ4v) is 2.47. The van der Waals surface area contributed by atoms with Crippen LogP contribution in [-0.2, 0) is 4.74 Å². The van der Waals surface area contributed by atoms with E-state index in [1.54, 1.807) is 12.1 Å². The first-order chi connectivity index (χ1) is 9.90. The van der Waals surface area contributed by atoms with E-state index < -0.39 is 5.97 Å². The predicted molar refractivity (Wildman–Crippen MR) is 84.5 cm³/mol. The van der Waals surface area contributed by atoms with E-state index in [9.17, 15) is 4.79 Å². The molecule has 0 atom stereocenters. The number of benzene rings is 1. The van der Waals surface area contributed by atoms with Gasteiger partial charge in [-0.3, -0.25) is 0 Å². The average Bonchev–Trinajstić information content (AvgIpc) is 2.41. The number of halogens is 1. The fourth-order valence-electron chi connectivity index (χ4n) is 2.13. The Kier molecular flexibility index (Phi) is 6.32. The highest BCUT2D eigenvalue weighted by Gasteiger charge is 2.21. The van der Waals surface area contributed by atoms with E-state index >= 15 is 0 Å². The summed E-state index contributed by atoms with van der Waals surface area (Å²) in [5.41, 5.74) is 7.05. The van der Waals surface area contributed by atoms with E-state index in [0.29, 0.717) is 47.4 Å². The molecule has 1 aromatic rings. The number of nitrogens with zero attached hydrogens (tertiary/aromatic N) is 2. The van der Waals surface area contributed by atoms with Gasteiger partial charge in [-0.15, -0.1) is 0 Å². The number of esters is 1. The average molecular weight is 310 g/mol. The number of carbonyl (C=O) groups excluding carboxylic acids is 1. The molecule has 0 aliphatic carbocycles. The lowest BCUT2D eigenvalue weighted by Gasteiger charge is -2.28. The maximum absolute atomic E-state index is 12.0. The van der Waals surface area contributed by atoms with Crippen LogP contribution in [0.3, 0.4) is 0 Å². The molecule has 0 spiro atoms. The zero-order valence-corrected chi connectivity index (χ0v) is 13.3. The monoisotopic (exact) mass is 309 g/mol. The largest absolute Gasteiger partial charge is 0.465 e. The van der Waals surface area contributed by atoms with Gasteiger partial charge in [0.15, 0.2) is 0 Å². The summed E-state index contributed by atoms with van der Waals surface area (Å²) in [6, 6.07) is 5.26. The van der Waals surface area contributed by atoms with Gasteiger partial charge in [-0.05, 0) is 18.1 Å². The Balaban J connectivity index is 3.34. The number of methoxy groups -OCH3 is 1. The Morgan fingerprint density at radius 3 is 2.71 bits per heavy atom. The van der Waals surface area contributed by atoms with Gasteiger partial charge >= 0.3 is 5.97 Å². The summed E-state index contributed by atoms with van der Waals surface area (Å²) >= 11 is 6.28. The summed E-state index contributed by atoms with van der Waals surface area (Å²) in [7, 11) is 1.31. The van der Waals surface area contributed by atoms with E-state index in [4.69, 9.17) is 27.3 Å². The van der Waals surface area contributed by atoms with Crippen molar-refractivity contribution in [3.63, 3.8) is 0 Å². The van der Waals surface area contributed by atoms with E-state index in [1.807, 2.05) is 4.90 Å². The van der Waals surface area contributed by atoms with Gasteiger partial charge in [-0.25, -0.2) is 4.79 Å². The van der Waals surface area contributed by atoms with Crippen LogP contribution < -0.4 is 10.6 Å². The topological polar surface area (TPSA) is 79.3 Å². The van der Waals surface area contributed by atoms with Crippen molar-refractivity contribution in [3.05, 3.63) is 22.7 Å². The van der Waals surface area contributed by atoms with E-state index in [-0.39, 0.29) is 0 Å². The minimum atomic E-state index is -0.495.